The van der Waals surface area contributed by atoms with E-state index in [1.54, 1.807) is 25.4 Å². The molecule has 0 aliphatic carbocycles. The van der Waals surface area contributed by atoms with E-state index in [9.17, 15) is 4.79 Å². The summed E-state index contributed by atoms with van der Waals surface area (Å²) >= 11 is 9.37. The second-order valence-electron chi connectivity index (χ2n) is 3.05. The van der Waals surface area contributed by atoms with E-state index < -0.39 is 0 Å². The van der Waals surface area contributed by atoms with Crippen molar-refractivity contribution < 1.29 is 0 Å². The van der Waals surface area contributed by atoms with Crippen LogP contribution < -0.4 is 5.56 Å². The molecule has 0 radical (unpaired) electrons. The van der Waals surface area contributed by atoms with Crippen LogP contribution in [0.4, 0.5) is 0 Å². The van der Waals surface area contributed by atoms with Gasteiger partial charge in [-0.1, -0.05) is 11.6 Å². The number of rotatable bonds is 0. The van der Waals surface area contributed by atoms with Crippen molar-refractivity contribution in [2.24, 2.45) is 7.05 Å². The molecular formula is C10H7BrClNO. The van der Waals surface area contributed by atoms with Crippen molar-refractivity contribution in [3.05, 3.63) is 44.2 Å². The van der Waals surface area contributed by atoms with Gasteiger partial charge in [-0.05, 0) is 34.1 Å². The summed E-state index contributed by atoms with van der Waals surface area (Å²) < 4.78 is 2.34. The minimum atomic E-state index is -0.0306. The van der Waals surface area contributed by atoms with Crippen LogP contribution in [-0.4, -0.2) is 4.57 Å². The van der Waals surface area contributed by atoms with Gasteiger partial charge in [0, 0.05) is 28.5 Å². The summed E-state index contributed by atoms with van der Waals surface area (Å²) in [5.74, 6) is 0. The van der Waals surface area contributed by atoms with E-state index in [2.05, 4.69) is 15.9 Å². The number of benzene rings is 1. The smallest absolute Gasteiger partial charge is 0.258 e. The summed E-state index contributed by atoms with van der Waals surface area (Å²) in [7, 11) is 1.72. The van der Waals surface area contributed by atoms with E-state index >= 15 is 0 Å². The number of halogens is 2. The second kappa shape index (κ2) is 3.41. The maximum atomic E-state index is 11.7. The molecule has 4 heteroatoms. The first-order valence-electron chi connectivity index (χ1n) is 4.04. The lowest BCUT2D eigenvalue weighted by Gasteiger charge is -2.03. The number of aromatic nitrogens is 1. The van der Waals surface area contributed by atoms with Gasteiger partial charge in [0.25, 0.3) is 5.56 Å². The monoisotopic (exact) mass is 271 g/mol. The predicted octanol–water partition coefficient (Wildman–Crippen LogP) is 2.95. The number of pyridine rings is 1. The summed E-state index contributed by atoms with van der Waals surface area (Å²) in [6.07, 6.45) is 1.71. The quantitative estimate of drug-likeness (QED) is 0.723. The zero-order chi connectivity index (χ0) is 10.3. The Labute approximate surface area is 94.2 Å². The highest BCUT2D eigenvalue weighted by Crippen LogP contribution is 2.29. The molecule has 0 N–H and O–H groups in total. The minimum absolute atomic E-state index is 0.0306. The highest BCUT2D eigenvalue weighted by atomic mass is 79.9. The minimum Gasteiger partial charge on any atom is -0.318 e. The first kappa shape index (κ1) is 9.74. The van der Waals surface area contributed by atoms with Gasteiger partial charge in [0.15, 0.2) is 0 Å². The molecule has 72 valence electrons. The van der Waals surface area contributed by atoms with Crippen LogP contribution in [0.15, 0.2) is 33.7 Å². The first-order valence-corrected chi connectivity index (χ1v) is 5.21. The van der Waals surface area contributed by atoms with Crippen molar-refractivity contribution in [1.29, 1.82) is 0 Å². The van der Waals surface area contributed by atoms with Crippen molar-refractivity contribution in [2.45, 2.75) is 0 Å². The first-order chi connectivity index (χ1) is 6.61. The molecule has 0 spiro atoms. The van der Waals surface area contributed by atoms with Crippen LogP contribution in [0.5, 0.6) is 0 Å². The fraction of sp³-hybridized carbons (Fsp3) is 0.100. The molecule has 0 aliphatic heterocycles. The van der Waals surface area contributed by atoms with E-state index in [1.165, 1.54) is 4.57 Å². The number of fused-ring (bicyclic) bond motifs is 1. The normalized spacial score (nSPS) is 10.8. The zero-order valence-electron chi connectivity index (χ0n) is 7.42. The Balaban J connectivity index is 3.02. The van der Waals surface area contributed by atoms with Gasteiger partial charge in [-0.25, -0.2) is 0 Å². The van der Waals surface area contributed by atoms with Crippen LogP contribution in [0, 0.1) is 0 Å². The Morgan fingerprint density at radius 3 is 2.71 bits per heavy atom. The highest BCUT2D eigenvalue weighted by Gasteiger charge is 2.06. The maximum Gasteiger partial charge on any atom is 0.258 e. The molecule has 0 saturated heterocycles. The van der Waals surface area contributed by atoms with Crippen molar-refractivity contribution in [1.82, 2.24) is 4.57 Å². The van der Waals surface area contributed by atoms with Gasteiger partial charge < -0.3 is 4.57 Å². The van der Waals surface area contributed by atoms with E-state index in [0.717, 1.165) is 9.86 Å². The van der Waals surface area contributed by atoms with E-state index in [-0.39, 0.29) is 5.56 Å². The van der Waals surface area contributed by atoms with Crippen LogP contribution >= 0.6 is 27.5 Å². The Morgan fingerprint density at radius 2 is 2.00 bits per heavy atom. The maximum absolute atomic E-state index is 11.7. The molecule has 2 aromatic rings. The topological polar surface area (TPSA) is 22.0 Å². The lowest BCUT2D eigenvalue weighted by Crippen LogP contribution is -2.15. The summed E-state index contributed by atoms with van der Waals surface area (Å²) in [6.45, 7) is 0. The van der Waals surface area contributed by atoms with Crippen molar-refractivity contribution >= 4 is 38.3 Å². The largest absolute Gasteiger partial charge is 0.318 e. The van der Waals surface area contributed by atoms with E-state index in [4.69, 9.17) is 11.6 Å². The van der Waals surface area contributed by atoms with E-state index in [1.807, 2.05) is 6.07 Å². The Hall–Kier alpha value is -0.800. The average molecular weight is 273 g/mol. The van der Waals surface area contributed by atoms with Crippen LogP contribution in [0.3, 0.4) is 0 Å². The van der Waals surface area contributed by atoms with Crippen LogP contribution in [0.25, 0.3) is 10.8 Å². The number of hydrogen-bond acceptors (Lipinski definition) is 1. The average Bonchev–Trinajstić information content (AvgIpc) is 2.17. The van der Waals surface area contributed by atoms with Crippen molar-refractivity contribution in [2.75, 3.05) is 0 Å². The predicted molar refractivity (Wildman–Crippen MR) is 61.9 cm³/mol. The Kier molecular flexibility index (Phi) is 2.37. The molecule has 14 heavy (non-hydrogen) atoms. The number of aryl methyl sites for hydroxylation is 1. The SMILES string of the molecule is Cn1ccc2c(Cl)c(Br)ccc2c1=O. The molecule has 2 rings (SSSR count). The van der Waals surface area contributed by atoms with Gasteiger partial charge in [0.1, 0.15) is 0 Å². The number of nitrogens with zero attached hydrogens (tertiary/aromatic N) is 1. The fourth-order valence-electron chi connectivity index (χ4n) is 1.36. The van der Waals surface area contributed by atoms with Crippen LogP contribution in [0.2, 0.25) is 5.02 Å². The van der Waals surface area contributed by atoms with Crippen molar-refractivity contribution in [3.63, 3.8) is 0 Å². The Bertz CT molecular complexity index is 562. The molecule has 0 fully saturated rings. The third kappa shape index (κ3) is 1.37. The summed E-state index contributed by atoms with van der Waals surface area (Å²) in [4.78, 5) is 11.7. The van der Waals surface area contributed by atoms with Crippen LogP contribution in [0.1, 0.15) is 0 Å². The molecule has 1 heterocycles. The molecule has 0 atom stereocenters. The molecular weight excluding hydrogens is 265 g/mol. The van der Waals surface area contributed by atoms with E-state index in [0.29, 0.717) is 10.4 Å². The number of hydrogen-bond donors (Lipinski definition) is 0. The molecule has 0 bridgehead atoms. The molecule has 0 amide bonds. The van der Waals surface area contributed by atoms with Gasteiger partial charge in [-0.15, -0.1) is 0 Å². The van der Waals surface area contributed by atoms with Gasteiger partial charge in [-0.3, -0.25) is 4.79 Å². The summed E-state index contributed by atoms with van der Waals surface area (Å²) in [5, 5.41) is 2.01. The van der Waals surface area contributed by atoms with Crippen LogP contribution in [-0.2, 0) is 7.05 Å². The molecule has 0 saturated carbocycles. The summed E-state index contributed by atoms with van der Waals surface area (Å²) in [5.41, 5.74) is -0.0306. The standard InChI is InChI=1S/C10H7BrClNO/c1-13-5-4-6-7(10(13)14)2-3-8(11)9(6)12/h2-5H,1H3. The van der Waals surface area contributed by atoms with Gasteiger partial charge in [-0.2, -0.15) is 0 Å². The zero-order valence-corrected chi connectivity index (χ0v) is 9.76. The molecule has 1 aromatic heterocycles. The molecule has 0 aliphatic rings. The lowest BCUT2D eigenvalue weighted by molar-refractivity contribution is 0.873. The van der Waals surface area contributed by atoms with Gasteiger partial charge in [0.05, 0.1) is 5.02 Å². The highest BCUT2D eigenvalue weighted by molar-refractivity contribution is 9.10. The van der Waals surface area contributed by atoms with Gasteiger partial charge >= 0.3 is 0 Å². The molecule has 0 unspecified atom stereocenters. The Morgan fingerprint density at radius 1 is 1.29 bits per heavy atom. The fourth-order valence-corrected chi connectivity index (χ4v) is 1.93. The second-order valence-corrected chi connectivity index (χ2v) is 4.29. The summed E-state index contributed by atoms with van der Waals surface area (Å²) in [6, 6.07) is 5.39. The third-order valence-corrected chi connectivity index (χ3v) is 3.44. The molecule has 1 aromatic carbocycles. The van der Waals surface area contributed by atoms with Crippen molar-refractivity contribution in [3.8, 4) is 0 Å². The third-order valence-electron chi connectivity index (χ3n) is 2.15. The molecule has 2 nitrogen and oxygen atoms in total. The van der Waals surface area contributed by atoms with Gasteiger partial charge in [0.2, 0.25) is 0 Å². The lowest BCUT2D eigenvalue weighted by atomic mass is 10.2.